The first-order valence-electron chi connectivity index (χ1n) is 5.21. The Morgan fingerprint density at radius 1 is 1.31 bits per heavy atom. The van der Waals surface area contributed by atoms with Gasteiger partial charge in [-0.1, -0.05) is 12.8 Å². The Bertz CT molecular complexity index is 452. The molecule has 6 heteroatoms. The Morgan fingerprint density at radius 3 is 2.56 bits per heavy atom. The fraction of sp³-hybridized carbons (Fsp3) is 0.500. The number of hydrogen-bond donors (Lipinski definition) is 1. The average molecular weight is 305 g/mol. The van der Waals surface area contributed by atoms with E-state index in [4.69, 9.17) is 0 Å². The molecular weight excluding hydrogens is 292 g/mol. The molecule has 1 heterocycles. The highest BCUT2D eigenvalue weighted by Gasteiger charge is 2.28. The van der Waals surface area contributed by atoms with Crippen LogP contribution in [0, 0.1) is 0 Å². The van der Waals surface area contributed by atoms with Crippen LogP contribution in [0.5, 0.6) is 0 Å². The van der Waals surface area contributed by atoms with Crippen molar-refractivity contribution in [3.63, 3.8) is 0 Å². The van der Waals surface area contributed by atoms with Crippen molar-refractivity contribution in [3.05, 3.63) is 22.9 Å². The number of hydrogen-bond acceptors (Lipinski definition) is 3. The normalized spacial score (nSPS) is 17.6. The molecule has 1 saturated carbocycles. The van der Waals surface area contributed by atoms with E-state index in [0.717, 1.165) is 25.7 Å². The lowest BCUT2D eigenvalue weighted by molar-refractivity contribution is 0.585. The topological polar surface area (TPSA) is 59.1 Å². The smallest absolute Gasteiger partial charge is 0.235 e. The second kappa shape index (κ2) is 4.71. The maximum absolute atomic E-state index is 11.9. The molecule has 1 aliphatic rings. The molecule has 88 valence electrons. The van der Waals surface area contributed by atoms with Crippen LogP contribution in [-0.2, 0) is 10.0 Å². The highest BCUT2D eigenvalue weighted by molar-refractivity contribution is 9.10. The summed E-state index contributed by atoms with van der Waals surface area (Å²) in [7, 11) is -3.23. The van der Waals surface area contributed by atoms with Gasteiger partial charge in [0.15, 0.2) is 0 Å². The van der Waals surface area contributed by atoms with Gasteiger partial charge in [0.2, 0.25) is 10.0 Å². The van der Waals surface area contributed by atoms with Crippen molar-refractivity contribution in [1.29, 1.82) is 0 Å². The Morgan fingerprint density at radius 2 is 2.00 bits per heavy atom. The molecule has 4 nitrogen and oxygen atoms in total. The summed E-state index contributed by atoms with van der Waals surface area (Å²) in [6.07, 6.45) is 5.05. The van der Waals surface area contributed by atoms with Gasteiger partial charge in [-0.25, -0.2) is 13.4 Å². The van der Waals surface area contributed by atoms with Crippen molar-refractivity contribution in [3.8, 4) is 0 Å². The summed E-state index contributed by atoms with van der Waals surface area (Å²) in [5.41, 5.74) is 0.523. The number of sulfonamides is 1. The second-order valence-electron chi connectivity index (χ2n) is 3.92. The monoisotopic (exact) mass is 304 g/mol. The van der Waals surface area contributed by atoms with Gasteiger partial charge in [0.1, 0.15) is 4.60 Å². The van der Waals surface area contributed by atoms with Crippen LogP contribution in [0.15, 0.2) is 22.9 Å². The minimum absolute atomic E-state index is 0.240. The Labute approximate surface area is 104 Å². The van der Waals surface area contributed by atoms with Gasteiger partial charge in [0, 0.05) is 0 Å². The highest BCUT2D eigenvalue weighted by Crippen LogP contribution is 2.26. The summed E-state index contributed by atoms with van der Waals surface area (Å²) in [6, 6.07) is 3.41. The third-order valence-electron chi connectivity index (χ3n) is 2.73. The summed E-state index contributed by atoms with van der Waals surface area (Å²) in [5.74, 6) is 0. The first-order chi connectivity index (χ1) is 7.58. The number of pyridine rings is 1. The predicted octanol–water partition coefficient (Wildman–Crippen LogP) is 2.53. The fourth-order valence-corrected chi connectivity index (χ4v) is 3.69. The van der Waals surface area contributed by atoms with E-state index in [1.807, 2.05) is 0 Å². The summed E-state index contributed by atoms with van der Waals surface area (Å²) in [4.78, 5) is 3.98. The van der Waals surface area contributed by atoms with Gasteiger partial charge in [-0.2, -0.15) is 0 Å². The van der Waals surface area contributed by atoms with Crippen LogP contribution in [0.1, 0.15) is 25.7 Å². The largest absolute Gasteiger partial charge is 0.282 e. The third kappa shape index (κ3) is 2.74. The molecular formula is C10H13BrN2O2S. The molecule has 0 bridgehead atoms. The van der Waals surface area contributed by atoms with E-state index in [1.165, 1.54) is 6.20 Å². The van der Waals surface area contributed by atoms with Gasteiger partial charge in [-0.05, 0) is 40.9 Å². The van der Waals surface area contributed by atoms with Gasteiger partial charge >= 0.3 is 0 Å². The second-order valence-corrected chi connectivity index (χ2v) is 6.70. The summed E-state index contributed by atoms with van der Waals surface area (Å²) in [5, 5.41) is -0.240. The number of nitrogens with one attached hydrogen (secondary N) is 1. The van der Waals surface area contributed by atoms with Crippen molar-refractivity contribution in [2.24, 2.45) is 0 Å². The maximum Gasteiger partial charge on any atom is 0.235 e. The minimum Gasteiger partial charge on any atom is -0.282 e. The first-order valence-corrected chi connectivity index (χ1v) is 7.55. The SMILES string of the molecule is O=S(=O)(Nc1ccc(Br)nc1)C1CCCC1. The summed E-state index contributed by atoms with van der Waals surface area (Å²) >= 11 is 3.20. The highest BCUT2D eigenvalue weighted by atomic mass is 79.9. The van der Waals surface area contributed by atoms with Crippen molar-refractivity contribution in [2.75, 3.05) is 4.72 Å². The number of anilines is 1. The van der Waals surface area contributed by atoms with Crippen molar-refractivity contribution < 1.29 is 8.42 Å². The first kappa shape index (κ1) is 11.9. The molecule has 1 aromatic heterocycles. The van der Waals surface area contributed by atoms with E-state index in [1.54, 1.807) is 12.1 Å². The van der Waals surface area contributed by atoms with Gasteiger partial charge in [0.05, 0.1) is 17.1 Å². The van der Waals surface area contributed by atoms with Gasteiger partial charge in [0.25, 0.3) is 0 Å². The Balaban J connectivity index is 2.11. The zero-order valence-electron chi connectivity index (χ0n) is 8.69. The Hall–Kier alpha value is -0.620. The molecule has 16 heavy (non-hydrogen) atoms. The van der Waals surface area contributed by atoms with Crippen LogP contribution in [0.25, 0.3) is 0 Å². The molecule has 2 rings (SSSR count). The summed E-state index contributed by atoms with van der Waals surface area (Å²) < 4.78 is 27.1. The number of halogens is 1. The molecule has 0 aromatic carbocycles. The Kier molecular flexibility index (Phi) is 3.49. The van der Waals surface area contributed by atoms with Crippen LogP contribution in [0.3, 0.4) is 0 Å². The van der Waals surface area contributed by atoms with Crippen molar-refractivity contribution in [1.82, 2.24) is 4.98 Å². The van der Waals surface area contributed by atoms with E-state index in [9.17, 15) is 8.42 Å². The molecule has 0 radical (unpaired) electrons. The number of nitrogens with zero attached hydrogens (tertiary/aromatic N) is 1. The van der Waals surface area contributed by atoms with E-state index in [2.05, 4.69) is 25.6 Å². The number of rotatable bonds is 3. The molecule has 0 amide bonds. The zero-order valence-corrected chi connectivity index (χ0v) is 11.1. The molecule has 0 saturated heterocycles. The molecule has 1 fully saturated rings. The van der Waals surface area contributed by atoms with Crippen LogP contribution in [-0.4, -0.2) is 18.7 Å². The summed E-state index contributed by atoms with van der Waals surface area (Å²) in [6.45, 7) is 0. The van der Waals surface area contributed by atoms with E-state index < -0.39 is 10.0 Å². The van der Waals surface area contributed by atoms with Gasteiger partial charge in [-0.15, -0.1) is 0 Å². The van der Waals surface area contributed by atoms with E-state index in [-0.39, 0.29) is 5.25 Å². The maximum atomic E-state index is 11.9. The van der Waals surface area contributed by atoms with Crippen molar-refractivity contribution >= 4 is 31.6 Å². The van der Waals surface area contributed by atoms with Crippen LogP contribution in [0.4, 0.5) is 5.69 Å². The van der Waals surface area contributed by atoms with Crippen LogP contribution < -0.4 is 4.72 Å². The zero-order chi connectivity index (χ0) is 11.6. The molecule has 1 aromatic rings. The standard InChI is InChI=1S/C10H13BrN2O2S/c11-10-6-5-8(7-12-10)13-16(14,15)9-3-1-2-4-9/h5-7,9,13H,1-4H2. The van der Waals surface area contributed by atoms with Gasteiger partial charge in [-0.3, -0.25) is 4.72 Å². The minimum atomic E-state index is -3.23. The average Bonchev–Trinajstić information content (AvgIpc) is 2.75. The lowest BCUT2D eigenvalue weighted by atomic mass is 10.4. The molecule has 1 aliphatic carbocycles. The number of aromatic nitrogens is 1. The van der Waals surface area contributed by atoms with Crippen LogP contribution in [0.2, 0.25) is 0 Å². The van der Waals surface area contributed by atoms with Crippen LogP contribution >= 0.6 is 15.9 Å². The van der Waals surface area contributed by atoms with E-state index in [0.29, 0.717) is 10.3 Å². The molecule has 1 N–H and O–H groups in total. The lowest BCUT2D eigenvalue weighted by Crippen LogP contribution is -2.25. The van der Waals surface area contributed by atoms with E-state index >= 15 is 0 Å². The van der Waals surface area contributed by atoms with Crippen molar-refractivity contribution in [2.45, 2.75) is 30.9 Å². The quantitative estimate of drug-likeness (QED) is 0.873. The molecule has 0 spiro atoms. The predicted molar refractivity (Wildman–Crippen MR) is 66.7 cm³/mol. The third-order valence-corrected chi connectivity index (χ3v) is 5.07. The lowest BCUT2D eigenvalue weighted by Gasteiger charge is -2.12. The molecule has 0 atom stereocenters. The molecule has 0 unspecified atom stereocenters. The molecule has 0 aliphatic heterocycles. The fourth-order valence-electron chi connectivity index (χ4n) is 1.88. The van der Waals surface area contributed by atoms with Gasteiger partial charge < -0.3 is 0 Å².